The predicted octanol–water partition coefficient (Wildman–Crippen LogP) is 3.57. The van der Waals surface area contributed by atoms with Crippen molar-refractivity contribution in [1.82, 2.24) is 20.2 Å². The van der Waals surface area contributed by atoms with Crippen LogP contribution in [0.2, 0.25) is 0 Å². The molecule has 0 amide bonds. The molecule has 1 aromatic carbocycles. The Balaban J connectivity index is 0.00000243. The Hall–Kier alpha value is -2.16. The van der Waals surface area contributed by atoms with E-state index < -0.39 is 0 Å². The average molecular weight is 467 g/mol. The van der Waals surface area contributed by atoms with Gasteiger partial charge in [-0.25, -0.2) is 9.37 Å². The highest BCUT2D eigenvalue weighted by atomic mass is 127. The van der Waals surface area contributed by atoms with Crippen LogP contribution >= 0.6 is 24.0 Å². The van der Waals surface area contributed by atoms with Crippen molar-refractivity contribution in [2.75, 3.05) is 20.6 Å². The van der Waals surface area contributed by atoms with Crippen LogP contribution in [0.1, 0.15) is 11.1 Å². The average Bonchev–Trinajstić information content (AvgIpc) is 3.04. The van der Waals surface area contributed by atoms with Crippen molar-refractivity contribution in [3.05, 3.63) is 65.7 Å². The second-order valence-electron chi connectivity index (χ2n) is 5.92. The van der Waals surface area contributed by atoms with Gasteiger partial charge in [-0.1, -0.05) is 12.1 Å². The molecule has 2 N–H and O–H groups in total. The van der Waals surface area contributed by atoms with Gasteiger partial charge in [-0.2, -0.15) is 0 Å². The molecule has 0 fully saturated rings. The summed E-state index contributed by atoms with van der Waals surface area (Å²) in [7, 11) is 3.73. The van der Waals surface area contributed by atoms with Crippen molar-refractivity contribution in [2.45, 2.75) is 13.0 Å². The van der Waals surface area contributed by atoms with E-state index in [1.165, 1.54) is 17.7 Å². The van der Waals surface area contributed by atoms with E-state index in [4.69, 9.17) is 0 Å². The molecule has 0 spiro atoms. The zero-order chi connectivity index (χ0) is 17.6. The van der Waals surface area contributed by atoms with Crippen molar-refractivity contribution in [1.29, 1.82) is 0 Å². The van der Waals surface area contributed by atoms with E-state index in [0.717, 1.165) is 35.5 Å². The minimum atomic E-state index is -0.220. The molecule has 0 unspecified atom stereocenters. The molecule has 0 saturated heterocycles. The number of aromatic nitrogens is 2. The maximum Gasteiger partial charge on any atom is 0.193 e. The molecule has 138 valence electrons. The quantitative estimate of drug-likeness (QED) is 0.343. The van der Waals surface area contributed by atoms with Crippen LogP contribution in [0.25, 0.3) is 11.0 Å². The van der Waals surface area contributed by atoms with Crippen LogP contribution in [0.5, 0.6) is 0 Å². The number of nitrogens with zero attached hydrogens (tertiary/aromatic N) is 3. The van der Waals surface area contributed by atoms with Gasteiger partial charge in [0.15, 0.2) is 5.96 Å². The molecular weight excluding hydrogens is 444 g/mol. The monoisotopic (exact) mass is 467 g/mol. The maximum atomic E-state index is 13.0. The first kappa shape index (κ1) is 20.2. The van der Waals surface area contributed by atoms with Gasteiger partial charge < -0.3 is 15.2 Å². The molecule has 0 saturated carbocycles. The van der Waals surface area contributed by atoms with Gasteiger partial charge in [0.05, 0.1) is 0 Å². The summed E-state index contributed by atoms with van der Waals surface area (Å²) in [6, 6.07) is 10.6. The van der Waals surface area contributed by atoms with Gasteiger partial charge in [-0.3, -0.25) is 4.99 Å². The van der Waals surface area contributed by atoms with E-state index in [1.807, 2.05) is 24.2 Å². The third kappa shape index (κ3) is 4.94. The number of benzene rings is 1. The highest BCUT2D eigenvalue weighted by molar-refractivity contribution is 14.0. The minimum Gasteiger partial charge on any atom is -0.356 e. The molecule has 26 heavy (non-hydrogen) atoms. The van der Waals surface area contributed by atoms with Crippen LogP contribution in [0.3, 0.4) is 0 Å². The third-order valence-electron chi connectivity index (χ3n) is 4.12. The van der Waals surface area contributed by atoms with Gasteiger partial charge in [0.2, 0.25) is 0 Å². The standard InChI is InChI=1S/C19H22FN5.HI/c1-21-19(25(2)13-14-5-7-16(20)8-6-14)23-11-9-15-12-24-18-17(15)4-3-10-22-18;/h3-8,10,12H,9,11,13H2,1-2H3,(H,21,23)(H,22,24);1H. The van der Waals surface area contributed by atoms with Crippen LogP contribution in [0.15, 0.2) is 53.8 Å². The largest absolute Gasteiger partial charge is 0.356 e. The van der Waals surface area contributed by atoms with Gasteiger partial charge in [-0.05, 0) is 41.8 Å². The summed E-state index contributed by atoms with van der Waals surface area (Å²) in [6.45, 7) is 1.43. The smallest absolute Gasteiger partial charge is 0.193 e. The normalized spacial score (nSPS) is 11.3. The number of aliphatic imine (C=N–C) groups is 1. The number of hydrogen-bond acceptors (Lipinski definition) is 2. The Bertz CT molecular complexity index is 860. The van der Waals surface area contributed by atoms with Crippen molar-refractivity contribution >= 4 is 41.0 Å². The fourth-order valence-electron chi connectivity index (χ4n) is 2.85. The molecule has 7 heteroatoms. The first-order chi connectivity index (χ1) is 12.2. The van der Waals surface area contributed by atoms with Crippen molar-refractivity contribution in [3.63, 3.8) is 0 Å². The Labute approximate surface area is 169 Å². The summed E-state index contributed by atoms with van der Waals surface area (Å²) >= 11 is 0. The molecule has 3 rings (SSSR count). The van der Waals surface area contributed by atoms with Crippen molar-refractivity contribution in [2.24, 2.45) is 4.99 Å². The first-order valence-electron chi connectivity index (χ1n) is 8.24. The van der Waals surface area contributed by atoms with E-state index in [-0.39, 0.29) is 29.8 Å². The van der Waals surface area contributed by atoms with Crippen molar-refractivity contribution in [3.8, 4) is 0 Å². The molecular formula is C19H23FIN5. The number of nitrogens with one attached hydrogen (secondary N) is 2. The topological polar surface area (TPSA) is 56.3 Å². The predicted molar refractivity (Wildman–Crippen MR) is 114 cm³/mol. The maximum absolute atomic E-state index is 13.0. The first-order valence-corrected chi connectivity index (χ1v) is 8.24. The van der Waals surface area contributed by atoms with Crippen LogP contribution in [0, 0.1) is 5.82 Å². The Morgan fingerprint density at radius 3 is 2.77 bits per heavy atom. The Morgan fingerprint density at radius 2 is 2.04 bits per heavy atom. The van der Waals surface area contributed by atoms with Gasteiger partial charge in [0.1, 0.15) is 11.5 Å². The minimum absolute atomic E-state index is 0. The third-order valence-corrected chi connectivity index (χ3v) is 4.12. The molecule has 0 aliphatic rings. The fourth-order valence-corrected chi connectivity index (χ4v) is 2.85. The number of guanidine groups is 1. The van der Waals surface area contributed by atoms with Gasteiger partial charge >= 0.3 is 0 Å². The highest BCUT2D eigenvalue weighted by Gasteiger charge is 2.08. The molecule has 0 aliphatic heterocycles. The van der Waals surface area contributed by atoms with E-state index in [1.54, 1.807) is 25.4 Å². The van der Waals surface area contributed by atoms with Crippen LogP contribution < -0.4 is 5.32 Å². The summed E-state index contributed by atoms with van der Waals surface area (Å²) < 4.78 is 13.0. The van der Waals surface area contributed by atoms with Crippen molar-refractivity contribution < 1.29 is 4.39 Å². The van der Waals surface area contributed by atoms with E-state index in [0.29, 0.717) is 6.54 Å². The number of hydrogen-bond donors (Lipinski definition) is 2. The number of pyridine rings is 1. The fraction of sp³-hybridized carbons (Fsp3) is 0.263. The Kier molecular flexibility index (Phi) is 7.38. The molecule has 2 aromatic heterocycles. The summed E-state index contributed by atoms with van der Waals surface area (Å²) in [4.78, 5) is 13.8. The Morgan fingerprint density at radius 1 is 1.27 bits per heavy atom. The molecule has 5 nitrogen and oxygen atoms in total. The molecule has 0 aliphatic carbocycles. The second kappa shape index (κ2) is 9.51. The summed E-state index contributed by atoms with van der Waals surface area (Å²) in [6.07, 6.45) is 4.66. The zero-order valence-corrected chi connectivity index (χ0v) is 17.2. The highest BCUT2D eigenvalue weighted by Crippen LogP contribution is 2.15. The number of halogens is 2. The second-order valence-corrected chi connectivity index (χ2v) is 5.92. The number of H-pyrrole nitrogens is 1. The molecule has 2 heterocycles. The summed E-state index contributed by atoms with van der Waals surface area (Å²) in [5.74, 6) is 0.587. The lowest BCUT2D eigenvalue weighted by Gasteiger charge is -2.22. The number of fused-ring (bicyclic) bond motifs is 1. The van der Waals surface area contributed by atoms with Crippen LogP contribution in [0.4, 0.5) is 4.39 Å². The SMILES string of the molecule is CN=C(NCCc1c[nH]c2ncccc12)N(C)Cc1ccc(F)cc1.I. The summed E-state index contributed by atoms with van der Waals surface area (Å²) in [5, 5.41) is 4.52. The lowest BCUT2D eigenvalue weighted by molar-refractivity contribution is 0.476. The molecule has 3 aromatic rings. The van der Waals surface area contributed by atoms with Gasteiger partial charge in [-0.15, -0.1) is 24.0 Å². The summed E-state index contributed by atoms with van der Waals surface area (Å²) in [5.41, 5.74) is 3.18. The van der Waals surface area contributed by atoms with Crippen LogP contribution in [-0.2, 0) is 13.0 Å². The van der Waals surface area contributed by atoms with E-state index in [2.05, 4.69) is 26.3 Å². The van der Waals surface area contributed by atoms with E-state index >= 15 is 0 Å². The number of rotatable bonds is 5. The molecule has 0 radical (unpaired) electrons. The van der Waals surface area contributed by atoms with Crippen LogP contribution in [-0.4, -0.2) is 41.5 Å². The van der Waals surface area contributed by atoms with Gasteiger partial charge in [0, 0.05) is 45.0 Å². The lowest BCUT2D eigenvalue weighted by atomic mass is 10.1. The zero-order valence-electron chi connectivity index (χ0n) is 14.9. The van der Waals surface area contributed by atoms with Gasteiger partial charge in [0.25, 0.3) is 0 Å². The van der Waals surface area contributed by atoms with E-state index in [9.17, 15) is 4.39 Å². The lowest BCUT2D eigenvalue weighted by Crippen LogP contribution is -2.39. The molecule has 0 bridgehead atoms. The number of aromatic amines is 1. The molecule has 0 atom stereocenters.